The highest BCUT2D eigenvalue weighted by Gasteiger charge is 2.36. The molecule has 3 nitrogen and oxygen atoms in total. The Hall–Kier alpha value is -2.85. The van der Waals surface area contributed by atoms with Gasteiger partial charge in [0.1, 0.15) is 0 Å². The molecule has 1 aliphatic carbocycles. The van der Waals surface area contributed by atoms with E-state index in [9.17, 15) is 4.79 Å². The van der Waals surface area contributed by atoms with Gasteiger partial charge in [0, 0.05) is 27.4 Å². The number of allylic oxidation sites excluding steroid dienone is 1. The second-order valence-corrected chi connectivity index (χ2v) is 9.35. The molecule has 4 heteroatoms. The molecule has 146 valence electrons. The first-order valence-corrected chi connectivity index (χ1v) is 10.9. The van der Waals surface area contributed by atoms with E-state index in [-0.39, 0.29) is 17.7 Å². The van der Waals surface area contributed by atoms with Crippen molar-refractivity contribution in [1.29, 1.82) is 0 Å². The molecule has 0 amide bonds. The van der Waals surface area contributed by atoms with Crippen molar-refractivity contribution >= 4 is 28.5 Å². The normalized spacial score (nSPS) is 21.0. The van der Waals surface area contributed by atoms with Gasteiger partial charge in [0.15, 0.2) is 5.78 Å². The molecule has 1 aliphatic heterocycles. The highest BCUT2D eigenvalue weighted by atomic mass is 32.1. The van der Waals surface area contributed by atoms with Gasteiger partial charge in [-0.1, -0.05) is 42.0 Å². The zero-order valence-electron chi connectivity index (χ0n) is 16.7. The molecule has 2 aromatic carbocycles. The number of rotatable bonds is 2. The SMILES string of the molecule is Cc1ccc([C@@H]2CC(=O)C3=C(C2)Nc2ccccc2N[C@H]3c2ccc(C)s2)cc1. The lowest BCUT2D eigenvalue weighted by atomic mass is 9.79. The van der Waals surface area contributed by atoms with Crippen LogP contribution in [-0.4, -0.2) is 5.78 Å². The van der Waals surface area contributed by atoms with E-state index in [2.05, 4.69) is 73.0 Å². The second-order valence-electron chi connectivity index (χ2n) is 8.03. The first-order chi connectivity index (χ1) is 14.1. The third-order valence-electron chi connectivity index (χ3n) is 5.90. The smallest absolute Gasteiger partial charge is 0.163 e. The minimum atomic E-state index is -0.105. The van der Waals surface area contributed by atoms with E-state index in [0.29, 0.717) is 6.42 Å². The summed E-state index contributed by atoms with van der Waals surface area (Å²) in [5.74, 6) is 0.450. The van der Waals surface area contributed by atoms with Gasteiger partial charge in [-0.3, -0.25) is 4.79 Å². The zero-order valence-corrected chi connectivity index (χ0v) is 17.5. The molecule has 1 aromatic heterocycles. The van der Waals surface area contributed by atoms with Gasteiger partial charge in [-0.2, -0.15) is 0 Å². The van der Waals surface area contributed by atoms with Crippen LogP contribution in [-0.2, 0) is 4.79 Å². The predicted octanol–water partition coefficient (Wildman–Crippen LogP) is 6.34. The van der Waals surface area contributed by atoms with Crippen LogP contribution < -0.4 is 10.6 Å². The van der Waals surface area contributed by atoms with Crippen molar-refractivity contribution < 1.29 is 4.79 Å². The van der Waals surface area contributed by atoms with Gasteiger partial charge in [0.25, 0.3) is 0 Å². The first kappa shape index (κ1) is 18.2. The van der Waals surface area contributed by atoms with Gasteiger partial charge >= 0.3 is 0 Å². The number of aryl methyl sites for hydroxylation is 2. The second kappa shape index (κ2) is 7.20. The summed E-state index contributed by atoms with van der Waals surface area (Å²) in [6.07, 6.45) is 1.41. The zero-order chi connectivity index (χ0) is 20.0. The highest BCUT2D eigenvalue weighted by Crippen LogP contribution is 2.45. The number of thiophene rings is 1. The minimum absolute atomic E-state index is 0.105. The van der Waals surface area contributed by atoms with Crippen molar-refractivity contribution in [2.45, 2.75) is 38.6 Å². The Morgan fingerprint density at radius 1 is 0.897 bits per heavy atom. The van der Waals surface area contributed by atoms with Crippen molar-refractivity contribution in [3.63, 3.8) is 0 Å². The molecule has 5 rings (SSSR count). The summed E-state index contributed by atoms with van der Waals surface area (Å²) >= 11 is 1.76. The minimum Gasteiger partial charge on any atom is -0.372 e. The third kappa shape index (κ3) is 3.38. The molecule has 0 unspecified atom stereocenters. The molecule has 3 aromatic rings. The molecule has 0 bridgehead atoms. The molecule has 2 aliphatic rings. The number of carbonyl (C=O) groups excluding carboxylic acids is 1. The number of ketones is 1. The van der Waals surface area contributed by atoms with Crippen LogP contribution in [0.15, 0.2) is 71.9 Å². The Balaban J connectivity index is 1.60. The molecular formula is C25H24N2OS. The summed E-state index contributed by atoms with van der Waals surface area (Å²) < 4.78 is 0. The number of benzene rings is 2. The molecular weight excluding hydrogens is 376 g/mol. The molecule has 2 atom stereocenters. The third-order valence-corrected chi connectivity index (χ3v) is 6.97. The average molecular weight is 401 g/mol. The number of para-hydroxylation sites is 2. The Labute approximate surface area is 175 Å². The van der Waals surface area contributed by atoms with Crippen molar-refractivity contribution in [1.82, 2.24) is 0 Å². The van der Waals surface area contributed by atoms with Crippen LogP contribution in [0.4, 0.5) is 11.4 Å². The van der Waals surface area contributed by atoms with E-state index in [1.54, 1.807) is 11.3 Å². The summed E-state index contributed by atoms with van der Waals surface area (Å²) in [5.41, 5.74) is 6.51. The Bertz CT molecular complexity index is 1110. The lowest BCUT2D eigenvalue weighted by Crippen LogP contribution is -2.26. The Morgan fingerprint density at radius 2 is 1.66 bits per heavy atom. The lowest BCUT2D eigenvalue weighted by molar-refractivity contribution is -0.116. The number of fused-ring (bicyclic) bond motifs is 1. The molecule has 29 heavy (non-hydrogen) atoms. The maximum atomic E-state index is 13.4. The van der Waals surface area contributed by atoms with Crippen LogP contribution in [0.5, 0.6) is 0 Å². The van der Waals surface area contributed by atoms with E-state index in [1.807, 2.05) is 12.1 Å². The summed E-state index contributed by atoms with van der Waals surface area (Å²) in [6.45, 7) is 4.21. The van der Waals surface area contributed by atoms with Gasteiger partial charge in [0.05, 0.1) is 17.4 Å². The summed E-state index contributed by atoms with van der Waals surface area (Å²) in [6, 6.07) is 21.0. The lowest BCUT2D eigenvalue weighted by Gasteiger charge is -2.29. The van der Waals surface area contributed by atoms with E-state index in [4.69, 9.17) is 0 Å². The van der Waals surface area contributed by atoms with Crippen LogP contribution in [0.2, 0.25) is 0 Å². The van der Waals surface area contributed by atoms with E-state index in [0.717, 1.165) is 29.1 Å². The van der Waals surface area contributed by atoms with Gasteiger partial charge in [-0.25, -0.2) is 0 Å². The van der Waals surface area contributed by atoms with E-state index in [1.165, 1.54) is 20.9 Å². The maximum absolute atomic E-state index is 13.4. The van der Waals surface area contributed by atoms with Gasteiger partial charge in [0.2, 0.25) is 0 Å². The fraction of sp³-hybridized carbons (Fsp3) is 0.240. The van der Waals surface area contributed by atoms with E-state index < -0.39 is 0 Å². The molecule has 2 N–H and O–H groups in total. The highest BCUT2D eigenvalue weighted by molar-refractivity contribution is 7.12. The number of Topliss-reactive ketones (excluding diaryl/α,β-unsaturated/α-hetero) is 1. The first-order valence-electron chi connectivity index (χ1n) is 10.1. The monoisotopic (exact) mass is 400 g/mol. The fourth-order valence-corrected chi connectivity index (χ4v) is 5.33. The number of hydrogen-bond donors (Lipinski definition) is 2. The number of anilines is 2. The van der Waals surface area contributed by atoms with Gasteiger partial charge in [-0.15, -0.1) is 11.3 Å². The quantitative estimate of drug-likeness (QED) is 0.527. The van der Waals surface area contributed by atoms with Crippen LogP contribution in [0, 0.1) is 13.8 Å². The predicted molar refractivity (Wildman–Crippen MR) is 121 cm³/mol. The van der Waals surface area contributed by atoms with Crippen LogP contribution in [0.25, 0.3) is 0 Å². The van der Waals surface area contributed by atoms with E-state index >= 15 is 0 Å². The number of nitrogens with one attached hydrogen (secondary N) is 2. The Kier molecular flexibility index (Phi) is 4.51. The molecule has 0 spiro atoms. The van der Waals surface area contributed by atoms with Crippen LogP contribution >= 0.6 is 11.3 Å². The van der Waals surface area contributed by atoms with Crippen molar-refractivity contribution in [3.8, 4) is 0 Å². The molecule has 0 saturated heterocycles. The molecule has 0 saturated carbocycles. The molecule has 2 heterocycles. The van der Waals surface area contributed by atoms with Crippen molar-refractivity contribution in [3.05, 3.63) is 92.8 Å². The van der Waals surface area contributed by atoms with Crippen molar-refractivity contribution in [2.24, 2.45) is 0 Å². The largest absolute Gasteiger partial charge is 0.372 e. The van der Waals surface area contributed by atoms with Gasteiger partial charge in [-0.05, 0) is 56.0 Å². The topological polar surface area (TPSA) is 41.1 Å². The van der Waals surface area contributed by atoms with Crippen LogP contribution in [0.1, 0.15) is 45.7 Å². The average Bonchev–Trinajstić information content (AvgIpc) is 3.06. The number of carbonyl (C=O) groups is 1. The fourth-order valence-electron chi connectivity index (χ4n) is 4.39. The Morgan fingerprint density at radius 3 is 2.38 bits per heavy atom. The molecule has 0 radical (unpaired) electrons. The summed E-state index contributed by atoms with van der Waals surface area (Å²) in [5, 5.41) is 7.26. The maximum Gasteiger partial charge on any atom is 0.163 e. The standard InChI is InChI=1S/C25H24N2OS/c1-15-7-10-17(11-8-15)18-13-21-24(22(28)14-18)25(23-12-9-16(2)29-23)27-20-6-4-3-5-19(20)26-21/h3-12,18,25-27H,13-14H2,1-2H3/t18-,25-/m0/s1. The van der Waals surface area contributed by atoms with Gasteiger partial charge < -0.3 is 10.6 Å². The summed E-state index contributed by atoms with van der Waals surface area (Å²) in [4.78, 5) is 15.9. The molecule has 0 fully saturated rings. The summed E-state index contributed by atoms with van der Waals surface area (Å²) in [7, 11) is 0. The van der Waals surface area contributed by atoms with Crippen LogP contribution in [0.3, 0.4) is 0 Å². The number of hydrogen-bond acceptors (Lipinski definition) is 4. The van der Waals surface area contributed by atoms with Crippen molar-refractivity contribution in [2.75, 3.05) is 10.6 Å².